The van der Waals surface area contributed by atoms with Crippen molar-refractivity contribution >= 4 is 23.3 Å². The van der Waals surface area contributed by atoms with Crippen molar-refractivity contribution in [1.29, 1.82) is 5.26 Å². The summed E-state index contributed by atoms with van der Waals surface area (Å²) in [5.41, 5.74) is 3.88. The largest absolute Gasteiger partial charge is 0.329 e. The highest BCUT2D eigenvalue weighted by Gasteiger charge is 2.41. The van der Waals surface area contributed by atoms with E-state index < -0.39 is 0 Å². The highest BCUT2D eigenvalue weighted by atomic mass is 32.1. The summed E-state index contributed by atoms with van der Waals surface area (Å²) in [7, 11) is 0. The Labute approximate surface area is 127 Å². The van der Waals surface area contributed by atoms with Crippen LogP contribution in [0.1, 0.15) is 29.5 Å². The number of hydrogen-bond donors (Lipinski definition) is 1. The first kappa shape index (κ1) is 12.4. The number of aromatic amines is 1. The van der Waals surface area contributed by atoms with Crippen molar-refractivity contribution in [3.8, 4) is 6.07 Å². The third-order valence-electron chi connectivity index (χ3n) is 4.19. The summed E-state index contributed by atoms with van der Waals surface area (Å²) in [6.07, 6.45) is 1.10. The number of nitrogens with zero attached hydrogens (tertiary/aromatic N) is 2. The maximum Gasteiger partial charge on any atom is 0.178 e. The molecule has 0 saturated heterocycles. The van der Waals surface area contributed by atoms with Gasteiger partial charge >= 0.3 is 0 Å². The number of hydrogen-bond acceptors (Lipinski definition) is 2. The van der Waals surface area contributed by atoms with Gasteiger partial charge in [0.15, 0.2) is 4.77 Å². The lowest BCUT2D eigenvalue weighted by Gasteiger charge is -2.04. The third-order valence-corrected chi connectivity index (χ3v) is 4.49. The molecule has 3 nitrogen and oxygen atoms in total. The number of H-pyrrole nitrogens is 1. The number of nitriles is 1. The zero-order chi connectivity index (χ0) is 14.4. The molecule has 1 aliphatic rings. The van der Waals surface area contributed by atoms with Gasteiger partial charge < -0.3 is 9.55 Å². The van der Waals surface area contributed by atoms with Gasteiger partial charge in [-0.05, 0) is 36.3 Å². The minimum Gasteiger partial charge on any atom is -0.329 e. The molecule has 0 aliphatic heterocycles. The number of aromatic nitrogens is 2. The highest BCUT2D eigenvalue weighted by Crippen LogP contribution is 2.52. The number of fused-ring (bicyclic) bond motifs is 1. The summed E-state index contributed by atoms with van der Waals surface area (Å²) >= 11 is 5.48. The molecule has 102 valence electrons. The molecule has 1 saturated carbocycles. The van der Waals surface area contributed by atoms with Crippen molar-refractivity contribution in [3.63, 3.8) is 0 Å². The van der Waals surface area contributed by atoms with E-state index in [1.165, 1.54) is 5.56 Å². The number of imidazole rings is 1. The van der Waals surface area contributed by atoms with Crippen molar-refractivity contribution < 1.29 is 0 Å². The van der Waals surface area contributed by atoms with E-state index >= 15 is 0 Å². The highest BCUT2D eigenvalue weighted by molar-refractivity contribution is 7.71. The van der Waals surface area contributed by atoms with Gasteiger partial charge in [-0.2, -0.15) is 5.26 Å². The lowest BCUT2D eigenvalue weighted by Crippen LogP contribution is -1.96. The molecule has 0 radical (unpaired) electrons. The second-order valence-electron chi connectivity index (χ2n) is 5.43. The average molecular weight is 291 g/mol. The Bertz CT molecular complexity index is 915. The Morgan fingerprint density at radius 2 is 1.95 bits per heavy atom. The van der Waals surface area contributed by atoms with E-state index in [0.29, 0.717) is 22.3 Å². The molecule has 4 heteroatoms. The minimum atomic E-state index is 0.391. The lowest BCUT2D eigenvalue weighted by molar-refractivity contribution is 0.728. The summed E-state index contributed by atoms with van der Waals surface area (Å²) < 4.78 is 2.87. The van der Waals surface area contributed by atoms with Gasteiger partial charge in [0.05, 0.1) is 16.6 Å². The molecule has 0 amide bonds. The van der Waals surface area contributed by atoms with E-state index in [2.05, 4.69) is 39.9 Å². The van der Waals surface area contributed by atoms with Gasteiger partial charge in [-0.25, -0.2) is 0 Å². The smallest absolute Gasteiger partial charge is 0.178 e. The molecule has 3 aromatic rings. The number of benzene rings is 2. The molecule has 4 rings (SSSR count). The Morgan fingerprint density at radius 3 is 2.71 bits per heavy atom. The van der Waals surface area contributed by atoms with E-state index in [4.69, 9.17) is 12.2 Å². The SMILES string of the molecule is N#Cc1cccc2c1[nH]c(=S)n2C1CC1c1ccccc1. The summed E-state index contributed by atoms with van der Waals surface area (Å²) in [5.74, 6) is 0.516. The van der Waals surface area contributed by atoms with E-state index in [1.54, 1.807) is 0 Å². The molecule has 1 aromatic heterocycles. The second kappa shape index (κ2) is 4.57. The summed E-state index contributed by atoms with van der Waals surface area (Å²) in [6, 6.07) is 18.9. The van der Waals surface area contributed by atoms with Crippen LogP contribution in [0.3, 0.4) is 0 Å². The average Bonchev–Trinajstić information content (AvgIpc) is 3.23. The van der Waals surface area contributed by atoms with Crippen molar-refractivity contribution in [2.24, 2.45) is 0 Å². The van der Waals surface area contributed by atoms with E-state index in [-0.39, 0.29) is 0 Å². The predicted molar refractivity (Wildman–Crippen MR) is 84.7 cm³/mol. The van der Waals surface area contributed by atoms with Crippen LogP contribution in [-0.2, 0) is 0 Å². The van der Waals surface area contributed by atoms with Crippen molar-refractivity contribution in [2.75, 3.05) is 0 Å². The maximum absolute atomic E-state index is 9.21. The molecule has 0 spiro atoms. The topological polar surface area (TPSA) is 44.5 Å². The first-order valence-electron chi connectivity index (χ1n) is 6.98. The van der Waals surface area contributed by atoms with Crippen molar-refractivity contribution in [1.82, 2.24) is 9.55 Å². The molecule has 1 fully saturated rings. The molecule has 2 atom stereocenters. The van der Waals surface area contributed by atoms with Crippen LogP contribution in [-0.4, -0.2) is 9.55 Å². The molecule has 1 heterocycles. The fourth-order valence-corrected chi connectivity index (χ4v) is 3.43. The summed E-state index contributed by atoms with van der Waals surface area (Å²) in [4.78, 5) is 3.20. The van der Waals surface area contributed by atoms with E-state index in [1.807, 2.05) is 24.3 Å². The Morgan fingerprint density at radius 1 is 1.14 bits per heavy atom. The first-order chi connectivity index (χ1) is 10.3. The predicted octanol–water partition coefficient (Wildman–Crippen LogP) is 4.30. The van der Waals surface area contributed by atoms with Gasteiger partial charge in [-0.1, -0.05) is 36.4 Å². The normalized spacial score (nSPS) is 20.3. The molecular weight excluding hydrogens is 278 g/mol. The number of rotatable bonds is 2. The van der Waals surface area contributed by atoms with Crippen LogP contribution in [0.15, 0.2) is 48.5 Å². The summed E-state index contributed by atoms with van der Waals surface area (Å²) in [5, 5.41) is 9.21. The zero-order valence-electron chi connectivity index (χ0n) is 11.3. The van der Waals surface area contributed by atoms with Crippen LogP contribution >= 0.6 is 12.2 Å². The van der Waals surface area contributed by atoms with Crippen molar-refractivity contribution in [2.45, 2.75) is 18.4 Å². The van der Waals surface area contributed by atoms with E-state index in [0.717, 1.165) is 17.5 Å². The fourth-order valence-electron chi connectivity index (χ4n) is 3.10. The Balaban J connectivity index is 1.81. The minimum absolute atomic E-state index is 0.391. The lowest BCUT2D eigenvalue weighted by atomic mass is 10.1. The van der Waals surface area contributed by atoms with Gasteiger partial charge in [0, 0.05) is 12.0 Å². The summed E-state index contributed by atoms with van der Waals surface area (Å²) in [6.45, 7) is 0. The standard InChI is InChI=1S/C17H13N3S/c18-10-12-7-4-8-14-16(12)19-17(21)20(14)15-9-13(15)11-5-2-1-3-6-11/h1-8,13,15H,9H2,(H,19,21). The first-order valence-corrected chi connectivity index (χ1v) is 7.38. The van der Waals surface area contributed by atoms with E-state index in [9.17, 15) is 5.26 Å². The quantitative estimate of drug-likeness (QED) is 0.715. The molecule has 2 unspecified atom stereocenters. The van der Waals surface area contributed by atoms with Crippen LogP contribution in [0.25, 0.3) is 11.0 Å². The van der Waals surface area contributed by atoms with Gasteiger partial charge in [0.2, 0.25) is 0 Å². The third kappa shape index (κ3) is 1.90. The molecule has 2 aromatic carbocycles. The van der Waals surface area contributed by atoms with Crippen LogP contribution in [0.4, 0.5) is 0 Å². The molecule has 1 N–H and O–H groups in total. The monoisotopic (exact) mass is 291 g/mol. The molecule has 1 aliphatic carbocycles. The van der Waals surface area contributed by atoms with Crippen LogP contribution < -0.4 is 0 Å². The zero-order valence-corrected chi connectivity index (χ0v) is 12.1. The van der Waals surface area contributed by atoms with Crippen LogP contribution in [0.5, 0.6) is 0 Å². The fraction of sp³-hybridized carbons (Fsp3) is 0.176. The molecule has 21 heavy (non-hydrogen) atoms. The Kier molecular flexibility index (Phi) is 2.69. The van der Waals surface area contributed by atoms with Crippen LogP contribution in [0.2, 0.25) is 0 Å². The van der Waals surface area contributed by atoms with Crippen LogP contribution in [0, 0.1) is 16.1 Å². The number of para-hydroxylation sites is 1. The second-order valence-corrected chi connectivity index (χ2v) is 5.82. The van der Waals surface area contributed by atoms with Gasteiger partial charge in [-0.15, -0.1) is 0 Å². The van der Waals surface area contributed by atoms with Crippen molar-refractivity contribution in [3.05, 3.63) is 64.4 Å². The van der Waals surface area contributed by atoms with Gasteiger partial charge in [0.1, 0.15) is 6.07 Å². The van der Waals surface area contributed by atoms with Gasteiger partial charge in [-0.3, -0.25) is 0 Å². The Hall–Kier alpha value is -2.38. The molecular formula is C17H13N3S. The molecule has 0 bridgehead atoms. The number of nitrogens with one attached hydrogen (secondary N) is 1. The maximum atomic E-state index is 9.21. The van der Waals surface area contributed by atoms with Gasteiger partial charge in [0.25, 0.3) is 0 Å².